The maximum atomic E-state index is 9.57. The summed E-state index contributed by atoms with van der Waals surface area (Å²) in [7, 11) is 0. The summed E-state index contributed by atoms with van der Waals surface area (Å²) in [6.07, 6.45) is 10.9. The van der Waals surface area contributed by atoms with Gasteiger partial charge in [-0.25, -0.2) is 0 Å². The summed E-state index contributed by atoms with van der Waals surface area (Å²) in [5, 5.41) is 18.2. The van der Waals surface area contributed by atoms with Crippen molar-refractivity contribution in [1.82, 2.24) is 0 Å². The van der Waals surface area contributed by atoms with Crippen molar-refractivity contribution in [1.29, 1.82) is 0 Å². The molecule has 0 rings (SSSR count). The Morgan fingerprint density at radius 2 is 1.88 bits per heavy atom. The zero-order chi connectivity index (χ0) is 12.2. The topological polar surface area (TPSA) is 66.5 Å². The quantitative estimate of drug-likeness (QED) is 0.396. The van der Waals surface area contributed by atoms with Gasteiger partial charge in [0.05, 0.1) is 6.10 Å². The van der Waals surface area contributed by atoms with Crippen LogP contribution in [-0.2, 0) is 0 Å². The van der Waals surface area contributed by atoms with Gasteiger partial charge in [0.25, 0.3) is 0 Å². The highest BCUT2D eigenvalue weighted by atomic mass is 16.3. The molecular formula is C13H27NO2. The number of nitrogens with two attached hydrogens (primary N) is 1. The molecule has 0 bridgehead atoms. The Hall–Kier alpha value is -0.380. The Morgan fingerprint density at radius 3 is 2.50 bits per heavy atom. The number of hydrogen-bond acceptors (Lipinski definition) is 3. The van der Waals surface area contributed by atoms with Crippen LogP contribution < -0.4 is 5.73 Å². The highest BCUT2D eigenvalue weighted by molar-refractivity contribution is 4.93. The lowest BCUT2D eigenvalue weighted by atomic mass is 10.1. The molecule has 0 aliphatic carbocycles. The summed E-state index contributed by atoms with van der Waals surface area (Å²) >= 11 is 0. The van der Waals surface area contributed by atoms with Crippen molar-refractivity contribution in [2.24, 2.45) is 5.73 Å². The van der Waals surface area contributed by atoms with Gasteiger partial charge in [0.15, 0.2) is 0 Å². The van der Waals surface area contributed by atoms with Crippen LogP contribution in [0.3, 0.4) is 0 Å². The van der Waals surface area contributed by atoms with Gasteiger partial charge in [0.2, 0.25) is 0 Å². The molecule has 0 unspecified atom stereocenters. The van der Waals surface area contributed by atoms with Gasteiger partial charge in [0.1, 0.15) is 0 Å². The van der Waals surface area contributed by atoms with E-state index in [9.17, 15) is 5.11 Å². The van der Waals surface area contributed by atoms with Crippen molar-refractivity contribution in [2.75, 3.05) is 6.61 Å². The molecule has 0 aliphatic rings. The normalized spacial score (nSPS) is 15.5. The lowest BCUT2D eigenvalue weighted by Crippen LogP contribution is -2.33. The average Bonchev–Trinajstić information content (AvgIpc) is 2.28. The Morgan fingerprint density at radius 1 is 1.19 bits per heavy atom. The van der Waals surface area contributed by atoms with Crippen molar-refractivity contribution >= 4 is 0 Å². The number of unbranched alkanes of at least 4 members (excludes halogenated alkanes) is 5. The van der Waals surface area contributed by atoms with E-state index in [0.29, 0.717) is 6.42 Å². The molecule has 16 heavy (non-hydrogen) atoms. The van der Waals surface area contributed by atoms with E-state index in [4.69, 9.17) is 10.8 Å². The molecule has 3 nitrogen and oxygen atoms in total. The van der Waals surface area contributed by atoms with Crippen molar-refractivity contribution < 1.29 is 10.2 Å². The van der Waals surface area contributed by atoms with E-state index in [-0.39, 0.29) is 12.6 Å². The molecule has 0 aromatic rings. The van der Waals surface area contributed by atoms with Crippen LogP contribution in [0.1, 0.15) is 51.9 Å². The minimum atomic E-state index is -0.622. The minimum Gasteiger partial charge on any atom is -0.396 e. The number of hydrogen-bond donors (Lipinski definition) is 3. The third-order valence-corrected chi connectivity index (χ3v) is 2.71. The fraction of sp³-hybridized carbons (Fsp3) is 0.846. The zero-order valence-electron chi connectivity index (χ0n) is 10.4. The van der Waals surface area contributed by atoms with Crippen LogP contribution in [0.15, 0.2) is 12.2 Å². The molecule has 0 heterocycles. The first kappa shape index (κ1) is 15.6. The third-order valence-electron chi connectivity index (χ3n) is 2.71. The van der Waals surface area contributed by atoms with Crippen molar-refractivity contribution in [3.63, 3.8) is 0 Å². The van der Waals surface area contributed by atoms with Crippen LogP contribution in [0.5, 0.6) is 0 Å². The van der Waals surface area contributed by atoms with E-state index in [0.717, 1.165) is 6.42 Å². The zero-order valence-corrected chi connectivity index (χ0v) is 10.4. The largest absolute Gasteiger partial charge is 0.396 e. The Labute approximate surface area is 99.4 Å². The fourth-order valence-corrected chi connectivity index (χ4v) is 1.56. The summed E-state index contributed by atoms with van der Waals surface area (Å²) < 4.78 is 0. The highest BCUT2D eigenvalue weighted by Gasteiger charge is 2.09. The van der Waals surface area contributed by atoms with E-state index in [1.54, 1.807) is 6.08 Å². The van der Waals surface area contributed by atoms with E-state index in [1.165, 1.54) is 32.1 Å². The second-order valence-electron chi connectivity index (χ2n) is 4.30. The van der Waals surface area contributed by atoms with Crippen LogP contribution in [0.2, 0.25) is 0 Å². The van der Waals surface area contributed by atoms with Gasteiger partial charge in [-0.15, -0.1) is 0 Å². The molecule has 2 atom stereocenters. The van der Waals surface area contributed by atoms with Gasteiger partial charge in [-0.05, 0) is 19.3 Å². The Bertz CT molecular complexity index is 171. The number of rotatable bonds is 10. The lowest BCUT2D eigenvalue weighted by molar-refractivity contribution is 0.167. The summed E-state index contributed by atoms with van der Waals surface area (Å²) in [4.78, 5) is 0. The van der Waals surface area contributed by atoms with Gasteiger partial charge in [0, 0.05) is 12.6 Å². The molecule has 0 fully saturated rings. The molecule has 0 saturated carbocycles. The predicted molar refractivity (Wildman–Crippen MR) is 68.2 cm³/mol. The SMILES string of the molecule is CCCCCCC/C=C/[C@@H](O)[C@@H](N)CCO. The third kappa shape index (κ3) is 8.89. The van der Waals surface area contributed by atoms with E-state index < -0.39 is 6.10 Å². The second-order valence-corrected chi connectivity index (χ2v) is 4.30. The first-order valence-corrected chi connectivity index (χ1v) is 6.43. The maximum Gasteiger partial charge on any atom is 0.0872 e. The van der Waals surface area contributed by atoms with Crippen molar-refractivity contribution in [3.8, 4) is 0 Å². The smallest absolute Gasteiger partial charge is 0.0872 e. The summed E-state index contributed by atoms with van der Waals surface area (Å²) in [5.41, 5.74) is 5.65. The second kappa shape index (κ2) is 11.1. The van der Waals surface area contributed by atoms with Crippen LogP contribution in [0, 0.1) is 0 Å². The molecule has 96 valence electrons. The molecule has 0 amide bonds. The Kier molecular flexibility index (Phi) is 10.9. The average molecular weight is 229 g/mol. The monoisotopic (exact) mass is 229 g/mol. The summed E-state index contributed by atoms with van der Waals surface area (Å²) in [6.45, 7) is 2.24. The molecule has 3 heteroatoms. The van der Waals surface area contributed by atoms with Crippen molar-refractivity contribution in [3.05, 3.63) is 12.2 Å². The predicted octanol–water partition coefficient (Wildman–Crippen LogP) is 1.97. The van der Waals surface area contributed by atoms with Gasteiger partial charge >= 0.3 is 0 Å². The number of aliphatic hydroxyl groups is 2. The molecule has 0 radical (unpaired) electrons. The molecular weight excluding hydrogens is 202 g/mol. The van der Waals surface area contributed by atoms with Gasteiger partial charge in [-0.1, -0.05) is 44.8 Å². The summed E-state index contributed by atoms with van der Waals surface area (Å²) in [5.74, 6) is 0. The number of allylic oxidation sites excluding steroid dienone is 1. The standard InChI is InChI=1S/C13H27NO2/c1-2-3-4-5-6-7-8-9-13(16)12(14)10-11-15/h8-9,12-13,15-16H,2-7,10-11,14H2,1H3/b9-8+/t12-,13+/m0/s1. The van der Waals surface area contributed by atoms with E-state index in [1.807, 2.05) is 6.08 Å². The maximum absolute atomic E-state index is 9.57. The van der Waals surface area contributed by atoms with Crippen LogP contribution >= 0.6 is 0 Å². The molecule has 0 aromatic heterocycles. The van der Waals surface area contributed by atoms with E-state index in [2.05, 4.69) is 6.92 Å². The van der Waals surface area contributed by atoms with Gasteiger partial charge in [-0.2, -0.15) is 0 Å². The van der Waals surface area contributed by atoms with Gasteiger partial charge in [-0.3, -0.25) is 0 Å². The summed E-state index contributed by atoms with van der Waals surface area (Å²) in [6, 6.07) is -0.346. The van der Waals surface area contributed by atoms with Crippen molar-refractivity contribution in [2.45, 2.75) is 64.0 Å². The van der Waals surface area contributed by atoms with Crippen LogP contribution in [-0.4, -0.2) is 29.0 Å². The van der Waals surface area contributed by atoms with Crippen LogP contribution in [0.4, 0.5) is 0 Å². The van der Waals surface area contributed by atoms with E-state index >= 15 is 0 Å². The number of aliphatic hydroxyl groups excluding tert-OH is 2. The minimum absolute atomic E-state index is 0.0308. The molecule has 0 aliphatic heterocycles. The first-order valence-electron chi connectivity index (χ1n) is 6.43. The fourth-order valence-electron chi connectivity index (χ4n) is 1.56. The molecule has 4 N–H and O–H groups in total. The highest BCUT2D eigenvalue weighted by Crippen LogP contribution is 2.06. The van der Waals surface area contributed by atoms with Gasteiger partial charge < -0.3 is 15.9 Å². The molecule has 0 aromatic carbocycles. The molecule has 0 spiro atoms. The Balaban J connectivity index is 3.44. The lowest BCUT2D eigenvalue weighted by Gasteiger charge is -2.13. The first-order chi connectivity index (χ1) is 7.72. The molecule has 0 saturated heterocycles. The van der Waals surface area contributed by atoms with Crippen LogP contribution in [0.25, 0.3) is 0 Å².